The van der Waals surface area contributed by atoms with E-state index in [9.17, 15) is 0 Å². The van der Waals surface area contributed by atoms with Crippen molar-refractivity contribution < 1.29 is 20.1 Å². The van der Waals surface area contributed by atoms with Gasteiger partial charge in [-0.3, -0.25) is 14.6 Å². The molecule has 0 aliphatic heterocycles. The molecule has 0 bridgehead atoms. The van der Waals surface area contributed by atoms with Crippen molar-refractivity contribution in [1.82, 2.24) is 24.3 Å². The third kappa shape index (κ3) is 4.17. The first-order valence-corrected chi connectivity index (χ1v) is 11.0. The number of para-hydroxylation sites is 2. The number of hydrogen-bond acceptors (Lipinski definition) is 3. The van der Waals surface area contributed by atoms with Gasteiger partial charge in [0.2, 0.25) is 0 Å². The van der Waals surface area contributed by atoms with E-state index in [1.165, 1.54) is 11.1 Å². The molecule has 0 fully saturated rings. The minimum Gasteiger partial charge on any atom is -0.340 e. The average Bonchev–Trinajstić information content (AvgIpc) is 3.45. The second-order valence-corrected chi connectivity index (χ2v) is 8.66. The Labute approximate surface area is 207 Å². The van der Waals surface area contributed by atoms with Crippen LogP contribution in [0.1, 0.15) is 50.7 Å². The number of imidazole rings is 1. The third-order valence-electron chi connectivity index (χ3n) is 5.86. The smallest absolute Gasteiger partial charge is 0.127 e. The Balaban J connectivity index is 0.00000259. The maximum absolute atomic E-state index is 4.65. The van der Waals surface area contributed by atoms with Gasteiger partial charge < -0.3 is 4.57 Å². The summed E-state index contributed by atoms with van der Waals surface area (Å²) >= 11 is 0. The summed E-state index contributed by atoms with van der Waals surface area (Å²) in [6.45, 7) is 8.86. The molecular formula is C27H26IrN5-. The molecule has 0 aliphatic carbocycles. The second kappa shape index (κ2) is 9.42. The van der Waals surface area contributed by atoms with E-state index in [0.29, 0.717) is 11.8 Å². The second-order valence-electron chi connectivity index (χ2n) is 8.66. The van der Waals surface area contributed by atoms with Gasteiger partial charge in [-0.2, -0.15) is 5.10 Å². The van der Waals surface area contributed by atoms with Crippen LogP contribution in [-0.2, 0) is 20.1 Å². The van der Waals surface area contributed by atoms with Gasteiger partial charge in [0.15, 0.2) is 0 Å². The molecule has 2 aromatic heterocycles. The molecule has 0 amide bonds. The van der Waals surface area contributed by atoms with Gasteiger partial charge in [0.1, 0.15) is 6.33 Å². The molecule has 5 nitrogen and oxygen atoms in total. The van der Waals surface area contributed by atoms with Crippen LogP contribution < -0.4 is 0 Å². The Hall–Kier alpha value is -3.08. The summed E-state index contributed by atoms with van der Waals surface area (Å²) in [6.07, 6.45) is 3.48. The van der Waals surface area contributed by atoms with E-state index in [4.69, 9.17) is 0 Å². The van der Waals surface area contributed by atoms with Gasteiger partial charge >= 0.3 is 0 Å². The first kappa shape index (κ1) is 23.1. The number of aromatic nitrogens is 5. The zero-order valence-electron chi connectivity index (χ0n) is 19.2. The summed E-state index contributed by atoms with van der Waals surface area (Å²) in [7, 11) is 0. The third-order valence-corrected chi connectivity index (χ3v) is 5.86. The van der Waals surface area contributed by atoms with E-state index in [2.05, 4.69) is 83.7 Å². The Morgan fingerprint density at radius 3 is 2.21 bits per heavy atom. The number of nitrogens with zero attached hydrogens (tertiary/aromatic N) is 5. The van der Waals surface area contributed by atoms with Gasteiger partial charge in [-0.15, -0.1) is 23.8 Å². The Kier molecular flexibility index (Phi) is 6.59. The fourth-order valence-corrected chi connectivity index (χ4v) is 4.22. The van der Waals surface area contributed by atoms with Crippen LogP contribution in [-0.4, -0.2) is 24.3 Å². The molecule has 1 radical (unpaired) electrons. The monoisotopic (exact) mass is 613 g/mol. The van der Waals surface area contributed by atoms with Crippen molar-refractivity contribution in [1.29, 1.82) is 0 Å². The number of fused-ring (bicyclic) bond motifs is 1. The van der Waals surface area contributed by atoms with Crippen molar-refractivity contribution in [2.75, 3.05) is 0 Å². The van der Waals surface area contributed by atoms with E-state index in [0.717, 1.165) is 33.8 Å². The van der Waals surface area contributed by atoms with Crippen molar-refractivity contribution >= 4 is 11.0 Å². The largest absolute Gasteiger partial charge is 0.340 e. The number of rotatable bonds is 5. The summed E-state index contributed by atoms with van der Waals surface area (Å²) in [5.74, 6) is 1.51. The van der Waals surface area contributed by atoms with Gasteiger partial charge in [-0.25, -0.2) is 0 Å². The van der Waals surface area contributed by atoms with Crippen LogP contribution in [0.5, 0.6) is 0 Å². The molecular weight excluding hydrogens is 587 g/mol. The van der Waals surface area contributed by atoms with Crippen LogP contribution in [0.4, 0.5) is 0 Å². The van der Waals surface area contributed by atoms with Gasteiger partial charge in [-0.1, -0.05) is 64.1 Å². The quantitative estimate of drug-likeness (QED) is 0.219. The minimum atomic E-state index is 0. The summed E-state index contributed by atoms with van der Waals surface area (Å²) in [5.41, 5.74) is 7.51. The van der Waals surface area contributed by atoms with Gasteiger partial charge in [-0.05, 0) is 40.6 Å². The Bertz CT molecular complexity index is 1360. The zero-order valence-corrected chi connectivity index (χ0v) is 21.5. The van der Waals surface area contributed by atoms with Crippen LogP contribution in [0.15, 0.2) is 73.3 Å². The number of hydrogen-bond donors (Lipinski definition) is 0. The van der Waals surface area contributed by atoms with Crippen molar-refractivity contribution in [2.24, 2.45) is 0 Å². The predicted molar refractivity (Wildman–Crippen MR) is 128 cm³/mol. The Morgan fingerprint density at radius 1 is 0.848 bits per heavy atom. The predicted octanol–water partition coefficient (Wildman–Crippen LogP) is 6.32. The number of benzene rings is 3. The molecule has 0 saturated carbocycles. The van der Waals surface area contributed by atoms with Crippen molar-refractivity contribution in [3.8, 4) is 22.8 Å². The zero-order chi connectivity index (χ0) is 22.2. The molecule has 0 atom stereocenters. The minimum absolute atomic E-state index is 0. The molecule has 6 heteroatoms. The molecule has 33 heavy (non-hydrogen) atoms. The molecule has 0 saturated heterocycles. The van der Waals surface area contributed by atoms with E-state index in [1.54, 1.807) is 6.33 Å². The average molecular weight is 613 g/mol. The van der Waals surface area contributed by atoms with Crippen molar-refractivity contribution in [3.63, 3.8) is 0 Å². The summed E-state index contributed by atoms with van der Waals surface area (Å²) in [6, 6.07) is 24.2. The molecule has 5 aromatic rings. The first-order valence-electron chi connectivity index (χ1n) is 11.0. The van der Waals surface area contributed by atoms with E-state index >= 15 is 0 Å². The van der Waals surface area contributed by atoms with Crippen molar-refractivity contribution in [3.05, 3.63) is 90.5 Å². The molecule has 0 aliphatic rings. The fourth-order valence-electron chi connectivity index (χ4n) is 4.22. The molecule has 0 N–H and O–H groups in total. The van der Waals surface area contributed by atoms with E-state index in [-0.39, 0.29) is 20.1 Å². The summed E-state index contributed by atoms with van der Waals surface area (Å²) in [5, 5.41) is 4.64. The summed E-state index contributed by atoms with van der Waals surface area (Å²) in [4.78, 5) is 9.27. The maximum atomic E-state index is 4.65. The van der Waals surface area contributed by atoms with Gasteiger partial charge in [0, 0.05) is 31.3 Å². The van der Waals surface area contributed by atoms with Gasteiger partial charge in [0.05, 0.1) is 17.8 Å². The first-order chi connectivity index (χ1) is 15.5. The van der Waals surface area contributed by atoms with E-state index in [1.807, 2.05) is 41.3 Å². The van der Waals surface area contributed by atoms with E-state index < -0.39 is 0 Å². The normalized spacial score (nSPS) is 11.3. The SMILES string of the molecule is CC(C)c1cccc(C(C)C)c1-n1ncnc1-c1[c-]cc2c(c1)ncn2-c1ccccc1.[Ir]. The van der Waals surface area contributed by atoms with Crippen molar-refractivity contribution in [2.45, 2.75) is 39.5 Å². The van der Waals surface area contributed by atoms with Crippen LogP contribution >= 0.6 is 0 Å². The van der Waals surface area contributed by atoms with Crippen LogP contribution in [0.25, 0.3) is 33.8 Å². The fraction of sp³-hybridized carbons (Fsp3) is 0.222. The standard InChI is InChI=1S/C27H26N5.Ir/c1-18(2)22-11-8-12-23(19(3)4)26(22)32-27(28-16-30-32)20-13-14-25-24(15-20)29-17-31(25)21-9-6-5-7-10-21;/h5-12,14-19H,1-4H3;/q-1;. The molecule has 0 unspecified atom stereocenters. The maximum Gasteiger partial charge on any atom is 0.127 e. The Morgan fingerprint density at radius 2 is 1.55 bits per heavy atom. The molecule has 2 heterocycles. The summed E-state index contributed by atoms with van der Waals surface area (Å²) < 4.78 is 4.04. The molecule has 3 aromatic carbocycles. The van der Waals surface area contributed by atoms with Gasteiger partial charge in [0.25, 0.3) is 0 Å². The molecule has 5 rings (SSSR count). The topological polar surface area (TPSA) is 48.5 Å². The molecule has 0 spiro atoms. The van der Waals surface area contributed by atoms with Crippen LogP contribution in [0, 0.1) is 6.07 Å². The van der Waals surface area contributed by atoms with Crippen LogP contribution in [0.2, 0.25) is 0 Å². The van der Waals surface area contributed by atoms with Crippen LogP contribution in [0.3, 0.4) is 0 Å². The molecule has 169 valence electrons.